The van der Waals surface area contributed by atoms with Gasteiger partial charge in [0.1, 0.15) is 0 Å². The molecule has 0 aromatic heterocycles. The molecule has 0 bridgehead atoms. The lowest BCUT2D eigenvalue weighted by Crippen LogP contribution is -2.30. The topological polar surface area (TPSA) is 29.3 Å². The molecule has 0 aliphatic carbocycles. The minimum atomic E-state index is 0.261. The van der Waals surface area contributed by atoms with Crippen LogP contribution in [-0.2, 0) is 13.0 Å². The second-order valence-electron chi connectivity index (χ2n) is 5.75. The number of rotatable bonds is 6. The minimum Gasteiger partial charge on any atom is -0.329 e. The van der Waals surface area contributed by atoms with Gasteiger partial charge in [-0.25, -0.2) is 0 Å². The van der Waals surface area contributed by atoms with Crippen LogP contribution in [0.2, 0.25) is 0 Å². The summed E-state index contributed by atoms with van der Waals surface area (Å²) in [5.41, 5.74) is 11.3. The smallest absolute Gasteiger partial charge is 0.0470 e. The average Bonchev–Trinajstić information content (AvgIpc) is 2.48. The molecule has 1 atom stereocenters. The summed E-state index contributed by atoms with van der Waals surface area (Å²) in [6.07, 6.45) is 1.08. The first-order valence-corrected chi connectivity index (χ1v) is 7.68. The summed E-state index contributed by atoms with van der Waals surface area (Å²) in [6, 6.07) is 17.8. The maximum Gasteiger partial charge on any atom is 0.0470 e. The number of hydrogen-bond acceptors (Lipinski definition) is 2. The lowest BCUT2D eigenvalue weighted by molar-refractivity contribution is 0.242. The van der Waals surface area contributed by atoms with Crippen molar-refractivity contribution in [3.63, 3.8) is 0 Å². The molecular weight excluding hydrogens is 256 g/mol. The van der Waals surface area contributed by atoms with Gasteiger partial charge in [-0.2, -0.15) is 0 Å². The zero-order valence-electron chi connectivity index (χ0n) is 13.3. The summed E-state index contributed by atoms with van der Waals surface area (Å²) >= 11 is 0. The summed E-state index contributed by atoms with van der Waals surface area (Å²) < 4.78 is 0. The van der Waals surface area contributed by atoms with Gasteiger partial charge in [0.05, 0.1) is 0 Å². The predicted molar refractivity (Wildman–Crippen MR) is 90.3 cm³/mol. The highest BCUT2D eigenvalue weighted by atomic mass is 15.1. The molecule has 2 rings (SSSR count). The monoisotopic (exact) mass is 282 g/mol. The maximum atomic E-state index is 6.02. The Kier molecular flexibility index (Phi) is 5.54. The molecule has 2 N–H and O–H groups in total. The van der Waals surface area contributed by atoms with Crippen molar-refractivity contribution >= 4 is 0 Å². The van der Waals surface area contributed by atoms with Crippen LogP contribution >= 0.6 is 0 Å². The highest BCUT2D eigenvalue weighted by Gasteiger charge is 2.15. The molecule has 2 heteroatoms. The van der Waals surface area contributed by atoms with Crippen LogP contribution in [0.15, 0.2) is 48.5 Å². The highest BCUT2D eigenvalue weighted by Crippen LogP contribution is 2.21. The van der Waals surface area contributed by atoms with Crippen LogP contribution in [-0.4, -0.2) is 18.5 Å². The normalized spacial score (nSPS) is 12.6. The Hall–Kier alpha value is -1.64. The van der Waals surface area contributed by atoms with Crippen LogP contribution in [0, 0.1) is 6.92 Å². The molecule has 0 aliphatic heterocycles. The Bertz CT molecular complexity index is 560. The molecule has 0 radical (unpaired) electrons. The van der Waals surface area contributed by atoms with Gasteiger partial charge in [-0.1, -0.05) is 61.0 Å². The van der Waals surface area contributed by atoms with E-state index in [1.165, 1.54) is 22.3 Å². The van der Waals surface area contributed by atoms with Crippen LogP contribution in [0.4, 0.5) is 0 Å². The van der Waals surface area contributed by atoms with E-state index in [0.29, 0.717) is 6.54 Å². The third kappa shape index (κ3) is 4.16. The predicted octanol–water partition coefficient (Wildman–Crippen LogP) is 3.69. The third-order valence-electron chi connectivity index (χ3n) is 4.04. The Morgan fingerprint density at radius 2 is 1.76 bits per heavy atom. The van der Waals surface area contributed by atoms with Crippen molar-refractivity contribution < 1.29 is 0 Å². The highest BCUT2D eigenvalue weighted by molar-refractivity contribution is 5.26. The Morgan fingerprint density at radius 3 is 2.33 bits per heavy atom. The van der Waals surface area contributed by atoms with Crippen LogP contribution in [0.1, 0.15) is 35.2 Å². The van der Waals surface area contributed by atoms with Crippen molar-refractivity contribution in [2.45, 2.75) is 32.9 Å². The fourth-order valence-corrected chi connectivity index (χ4v) is 2.75. The van der Waals surface area contributed by atoms with E-state index in [4.69, 9.17) is 5.73 Å². The van der Waals surface area contributed by atoms with Gasteiger partial charge in [0.15, 0.2) is 0 Å². The van der Waals surface area contributed by atoms with E-state index in [0.717, 1.165) is 13.0 Å². The van der Waals surface area contributed by atoms with E-state index in [1.807, 2.05) is 0 Å². The van der Waals surface area contributed by atoms with Crippen LogP contribution in [0.5, 0.6) is 0 Å². The van der Waals surface area contributed by atoms with Crippen LogP contribution < -0.4 is 5.73 Å². The second-order valence-corrected chi connectivity index (χ2v) is 5.75. The van der Waals surface area contributed by atoms with Gasteiger partial charge in [0, 0.05) is 19.1 Å². The van der Waals surface area contributed by atoms with Crippen LogP contribution in [0.3, 0.4) is 0 Å². The minimum absolute atomic E-state index is 0.261. The molecule has 2 aromatic rings. The summed E-state index contributed by atoms with van der Waals surface area (Å²) in [4.78, 5) is 2.33. The first-order valence-electron chi connectivity index (χ1n) is 7.68. The van der Waals surface area contributed by atoms with Crippen molar-refractivity contribution in [2.24, 2.45) is 5.73 Å². The number of aryl methyl sites for hydroxylation is 2. The van der Waals surface area contributed by atoms with Crippen molar-refractivity contribution in [2.75, 3.05) is 13.6 Å². The van der Waals surface area contributed by atoms with Gasteiger partial charge in [0.2, 0.25) is 0 Å². The van der Waals surface area contributed by atoms with E-state index in [2.05, 4.69) is 74.3 Å². The van der Waals surface area contributed by atoms with Crippen LogP contribution in [0.25, 0.3) is 0 Å². The second kappa shape index (κ2) is 7.39. The summed E-state index contributed by atoms with van der Waals surface area (Å²) in [7, 11) is 2.15. The Labute approximate surface area is 128 Å². The molecule has 21 heavy (non-hydrogen) atoms. The zero-order chi connectivity index (χ0) is 15.2. The van der Waals surface area contributed by atoms with Crippen molar-refractivity contribution in [3.8, 4) is 0 Å². The SMILES string of the molecule is CCc1ccc(C(CN)N(C)Cc2cccc(C)c2)cc1. The number of likely N-dealkylation sites (N-methyl/N-ethyl adjacent to an activating group) is 1. The first kappa shape index (κ1) is 15.7. The van der Waals surface area contributed by atoms with Crippen molar-refractivity contribution in [1.29, 1.82) is 0 Å². The third-order valence-corrected chi connectivity index (χ3v) is 4.04. The summed E-state index contributed by atoms with van der Waals surface area (Å²) in [5.74, 6) is 0. The number of hydrogen-bond donors (Lipinski definition) is 1. The lowest BCUT2D eigenvalue weighted by atomic mass is 10.0. The standard InChI is InChI=1S/C19H26N2/c1-4-16-8-10-18(11-9-16)19(13-20)21(3)14-17-7-5-6-15(2)12-17/h5-12,19H,4,13-14,20H2,1-3H3. The van der Waals surface area contributed by atoms with Gasteiger partial charge in [-0.3, -0.25) is 4.90 Å². The molecule has 0 fully saturated rings. The largest absolute Gasteiger partial charge is 0.329 e. The molecule has 2 aromatic carbocycles. The first-order chi connectivity index (χ1) is 10.1. The number of nitrogens with two attached hydrogens (primary N) is 1. The molecule has 0 spiro atoms. The molecule has 0 saturated heterocycles. The average molecular weight is 282 g/mol. The van der Waals surface area contributed by atoms with E-state index < -0.39 is 0 Å². The van der Waals surface area contributed by atoms with E-state index in [1.54, 1.807) is 0 Å². The van der Waals surface area contributed by atoms with Crippen molar-refractivity contribution in [1.82, 2.24) is 4.90 Å². The van der Waals surface area contributed by atoms with Gasteiger partial charge in [0.25, 0.3) is 0 Å². The molecule has 112 valence electrons. The van der Waals surface area contributed by atoms with Gasteiger partial charge < -0.3 is 5.73 Å². The van der Waals surface area contributed by atoms with E-state index in [9.17, 15) is 0 Å². The van der Waals surface area contributed by atoms with Crippen molar-refractivity contribution in [3.05, 3.63) is 70.8 Å². The Morgan fingerprint density at radius 1 is 1.05 bits per heavy atom. The molecule has 0 heterocycles. The number of nitrogens with zero attached hydrogens (tertiary/aromatic N) is 1. The van der Waals surface area contributed by atoms with E-state index >= 15 is 0 Å². The quantitative estimate of drug-likeness (QED) is 0.875. The molecule has 0 aliphatic rings. The van der Waals surface area contributed by atoms with Gasteiger partial charge in [-0.05, 0) is 37.1 Å². The maximum absolute atomic E-state index is 6.02. The molecule has 0 amide bonds. The molecular formula is C19H26N2. The summed E-state index contributed by atoms with van der Waals surface area (Å²) in [5, 5.41) is 0. The fraction of sp³-hybridized carbons (Fsp3) is 0.368. The van der Waals surface area contributed by atoms with Gasteiger partial charge in [-0.15, -0.1) is 0 Å². The van der Waals surface area contributed by atoms with Gasteiger partial charge >= 0.3 is 0 Å². The number of benzene rings is 2. The lowest BCUT2D eigenvalue weighted by Gasteiger charge is -2.27. The zero-order valence-corrected chi connectivity index (χ0v) is 13.3. The molecule has 1 unspecified atom stereocenters. The van der Waals surface area contributed by atoms with E-state index in [-0.39, 0.29) is 6.04 Å². The molecule has 2 nitrogen and oxygen atoms in total. The Balaban J connectivity index is 2.12. The fourth-order valence-electron chi connectivity index (χ4n) is 2.75. The summed E-state index contributed by atoms with van der Waals surface area (Å²) in [6.45, 7) is 5.86. The molecule has 0 saturated carbocycles.